The van der Waals surface area contributed by atoms with Gasteiger partial charge in [-0.2, -0.15) is 0 Å². The van der Waals surface area contributed by atoms with Gasteiger partial charge in [-0.15, -0.1) is 11.6 Å². The molecule has 0 bridgehead atoms. The van der Waals surface area contributed by atoms with Crippen LogP contribution >= 0.6 is 11.6 Å². The molecule has 4 nitrogen and oxygen atoms in total. The van der Waals surface area contributed by atoms with Crippen molar-refractivity contribution in [3.63, 3.8) is 0 Å². The summed E-state index contributed by atoms with van der Waals surface area (Å²) in [6.45, 7) is 0.534. The number of aromatic nitrogens is 1. The van der Waals surface area contributed by atoms with Crippen molar-refractivity contribution in [1.29, 1.82) is 0 Å². The summed E-state index contributed by atoms with van der Waals surface area (Å²) in [4.78, 5) is 13.5. The normalized spacial score (nSPS) is 19.4. The fraction of sp³-hybridized carbons (Fsp3) is 0.667. The maximum absolute atomic E-state index is 11.7. The maximum Gasteiger partial charge on any atom is 0.238 e. The summed E-state index contributed by atoms with van der Waals surface area (Å²) in [6.07, 6.45) is 4.55. The molecular formula is C12H15ClN2O2. The van der Waals surface area contributed by atoms with Gasteiger partial charge < -0.3 is 9.42 Å². The fourth-order valence-electron chi connectivity index (χ4n) is 2.02. The van der Waals surface area contributed by atoms with Gasteiger partial charge in [0.1, 0.15) is 17.3 Å². The van der Waals surface area contributed by atoms with Crippen LogP contribution in [0, 0.1) is 0 Å². The molecule has 1 amide bonds. The standard InChI is InChI=1S/C12H15ClN2O2/c13-6-12(16)15(10-3-4-10)7-9-5-11(17-14-9)8-1-2-8/h5,8,10H,1-4,6-7H2. The number of hydrogen-bond acceptors (Lipinski definition) is 3. The van der Waals surface area contributed by atoms with Crippen molar-refractivity contribution < 1.29 is 9.32 Å². The molecule has 1 heterocycles. The van der Waals surface area contributed by atoms with Crippen LogP contribution < -0.4 is 0 Å². The summed E-state index contributed by atoms with van der Waals surface area (Å²) < 4.78 is 5.28. The van der Waals surface area contributed by atoms with Crippen molar-refractivity contribution in [3.05, 3.63) is 17.5 Å². The summed E-state index contributed by atoms with van der Waals surface area (Å²) in [5, 5.41) is 4.03. The van der Waals surface area contributed by atoms with Crippen LogP contribution in [0.4, 0.5) is 0 Å². The van der Waals surface area contributed by atoms with E-state index in [9.17, 15) is 4.79 Å². The van der Waals surface area contributed by atoms with E-state index in [1.54, 1.807) is 0 Å². The third-order valence-corrected chi connectivity index (χ3v) is 3.54. The SMILES string of the molecule is O=C(CCl)N(Cc1cc(C2CC2)on1)C1CC1. The molecule has 0 atom stereocenters. The first-order valence-electron chi connectivity index (χ1n) is 6.09. The van der Waals surface area contributed by atoms with Gasteiger partial charge in [-0.3, -0.25) is 4.79 Å². The van der Waals surface area contributed by atoms with Gasteiger partial charge in [0.15, 0.2) is 0 Å². The monoisotopic (exact) mass is 254 g/mol. The molecule has 0 spiro atoms. The van der Waals surface area contributed by atoms with E-state index in [-0.39, 0.29) is 11.8 Å². The van der Waals surface area contributed by atoms with Crippen LogP contribution in [0.2, 0.25) is 0 Å². The molecule has 1 aromatic heterocycles. The van der Waals surface area contributed by atoms with Crippen molar-refractivity contribution in [2.24, 2.45) is 0 Å². The highest BCUT2D eigenvalue weighted by Gasteiger charge is 2.33. The van der Waals surface area contributed by atoms with E-state index in [1.807, 2.05) is 11.0 Å². The topological polar surface area (TPSA) is 46.3 Å². The van der Waals surface area contributed by atoms with Crippen molar-refractivity contribution >= 4 is 17.5 Å². The molecule has 0 aliphatic heterocycles. The first kappa shape index (κ1) is 11.1. The van der Waals surface area contributed by atoms with Gasteiger partial charge in [-0.05, 0) is 25.7 Å². The smallest absolute Gasteiger partial charge is 0.238 e. The molecule has 2 aliphatic rings. The number of halogens is 1. The molecule has 0 aromatic carbocycles. The lowest BCUT2D eigenvalue weighted by Gasteiger charge is -2.19. The molecule has 0 radical (unpaired) electrons. The molecule has 2 fully saturated rings. The predicted molar refractivity (Wildman–Crippen MR) is 62.8 cm³/mol. The fourth-order valence-corrected chi connectivity index (χ4v) is 2.17. The van der Waals surface area contributed by atoms with Gasteiger partial charge in [0.25, 0.3) is 0 Å². The first-order chi connectivity index (χ1) is 8.28. The van der Waals surface area contributed by atoms with Gasteiger partial charge in [0.05, 0.1) is 6.54 Å². The molecule has 5 heteroatoms. The van der Waals surface area contributed by atoms with Crippen LogP contribution in [0.5, 0.6) is 0 Å². The lowest BCUT2D eigenvalue weighted by Crippen LogP contribution is -2.33. The molecule has 2 aliphatic carbocycles. The average Bonchev–Trinajstić information content (AvgIpc) is 3.25. The van der Waals surface area contributed by atoms with Crippen molar-refractivity contribution in [1.82, 2.24) is 10.1 Å². The Morgan fingerprint density at radius 2 is 2.24 bits per heavy atom. The Hall–Kier alpha value is -1.03. The number of amides is 1. The maximum atomic E-state index is 11.7. The third-order valence-electron chi connectivity index (χ3n) is 3.31. The third kappa shape index (κ3) is 2.46. The summed E-state index contributed by atoms with van der Waals surface area (Å²) in [7, 11) is 0. The molecule has 0 saturated heterocycles. The second-order valence-corrected chi connectivity index (χ2v) is 5.15. The highest BCUT2D eigenvalue weighted by atomic mass is 35.5. The summed E-state index contributed by atoms with van der Waals surface area (Å²) in [5.41, 5.74) is 0.845. The van der Waals surface area contributed by atoms with Crippen LogP contribution in [0.3, 0.4) is 0 Å². The Bertz CT molecular complexity index is 424. The van der Waals surface area contributed by atoms with Gasteiger partial charge in [-0.25, -0.2) is 0 Å². The minimum atomic E-state index is -0.00913. The van der Waals surface area contributed by atoms with Crippen LogP contribution in [0.25, 0.3) is 0 Å². The van der Waals surface area contributed by atoms with E-state index in [2.05, 4.69) is 5.16 Å². The Kier molecular flexibility index (Phi) is 2.82. The number of alkyl halides is 1. The number of carbonyl (C=O) groups is 1. The Morgan fingerprint density at radius 3 is 2.82 bits per heavy atom. The van der Waals surface area contributed by atoms with Gasteiger partial charge in [0, 0.05) is 18.0 Å². The lowest BCUT2D eigenvalue weighted by atomic mass is 10.2. The molecule has 3 rings (SSSR count). The second-order valence-electron chi connectivity index (χ2n) is 4.88. The van der Waals surface area contributed by atoms with Crippen LogP contribution in [-0.2, 0) is 11.3 Å². The second kappa shape index (κ2) is 4.33. The van der Waals surface area contributed by atoms with Gasteiger partial charge in [0.2, 0.25) is 5.91 Å². The van der Waals surface area contributed by atoms with Crippen molar-refractivity contribution in [3.8, 4) is 0 Å². The van der Waals surface area contributed by atoms with E-state index in [4.69, 9.17) is 16.1 Å². The molecule has 17 heavy (non-hydrogen) atoms. The first-order valence-corrected chi connectivity index (χ1v) is 6.62. The quantitative estimate of drug-likeness (QED) is 0.758. The molecule has 1 aromatic rings. The largest absolute Gasteiger partial charge is 0.361 e. The average molecular weight is 255 g/mol. The number of nitrogens with zero attached hydrogens (tertiary/aromatic N) is 2. The van der Waals surface area contributed by atoms with Crippen LogP contribution in [-0.4, -0.2) is 27.9 Å². The minimum absolute atomic E-state index is 0.00913. The molecule has 92 valence electrons. The lowest BCUT2D eigenvalue weighted by molar-refractivity contribution is -0.129. The zero-order valence-electron chi connectivity index (χ0n) is 9.56. The number of hydrogen-bond donors (Lipinski definition) is 0. The summed E-state index contributed by atoms with van der Waals surface area (Å²) >= 11 is 5.62. The zero-order valence-corrected chi connectivity index (χ0v) is 10.3. The summed E-state index contributed by atoms with van der Waals surface area (Å²) in [6, 6.07) is 2.34. The highest BCUT2D eigenvalue weighted by Crippen LogP contribution is 2.40. The Labute approximate surface area is 105 Å². The highest BCUT2D eigenvalue weighted by molar-refractivity contribution is 6.27. The van der Waals surface area contributed by atoms with Crippen molar-refractivity contribution in [2.45, 2.75) is 44.2 Å². The Morgan fingerprint density at radius 1 is 1.47 bits per heavy atom. The summed E-state index contributed by atoms with van der Waals surface area (Å²) in [5.74, 6) is 1.57. The molecule has 2 saturated carbocycles. The van der Waals surface area contributed by atoms with Crippen LogP contribution in [0.1, 0.15) is 43.1 Å². The van der Waals surface area contributed by atoms with Crippen LogP contribution in [0.15, 0.2) is 10.6 Å². The minimum Gasteiger partial charge on any atom is -0.361 e. The van der Waals surface area contributed by atoms with E-state index in [0.717, 1.165) is 24.3 Å². The molecule has 0 unspecified atom stereocenters. The van der Waals surface area contributed by atoms with E-state index in [1.165, 1.54) is 12.8 Å². The number of carbonyl (C=O) groups excluding carboxylic acids is 1. The van der Waals surface area contributed by atoms with Gasteiger partial charge in [-0.1, -0.05) is 5.16 Å². The molecule has 0 N–H and O–H groups in total. The Balaban J connectivity index is 1.67. The van der Waals surface area contributed by atoms with E-state index in [0.29, 0.717) is 18.5 Å². The zero-order chi connectivity index (χ0) is 11.8. The van der Waals surface area contributed by atoms with E-state index < -0.39 is 0 Å². The molecular weight excluding hydrogens is 240 g/mol. The van der Waals surface area contributed by atoms with E-state index >= 15 is 0 Å². The number of rotatable bonds is 5. The van der Waals surface area contributed by atoms with Crippen molar-refractivity contribution in [2.75, 3.05) is 5.88 Å². The van der Waals surface area contributed by atoms with Gasteiger partial charge >= 0.3 is 0 Å². The predicted octanol–water partition coefficient (Wildman–Crippen LogP) is 2.28.